The molecule has 0 aliphatic rings. The molecule has 1 aromatic carbocycles. The lowest BCUT2D eigenvalue weighted by Crippen LogP contribution is -2.11. The molecule has 6 nitrogen and oxygen atoms in total. The van der Waals surface area contributed by atoms with Gasteiger partial charge >= 0.3 is 5.63 Å². The van der Waals surface area contributed by atoms with Crippen LogP contribution in [0.15, 0.2) is 26.2 Å². The van der Waals surface area contributed by atoms with Gasteiger partial charge in [0.25, 0.3) is 0 Å². The fraction of sp³-hybridized carbons (Fsp3) is 0.467. The van der Waals surface area contributed by atoms with Crippen LogP contribution in [0.4, 0.5) is 0 Å². The van der Waals surface area contributed by atoms with E-state index in [0.29, 0.717) is 10.9 Å². The number of fused-ring (bicyclic) bond motifs is 1. The van der Waals surface area contributed by atoms with E-state index in [0.717, 1.165) is 23.3 Å². The van der Waals surface area contributed by atoms with Crippen molar-refractivity contribution in [2.45, 2.75) is 25.2 Å². The van der Waals surface area contributed by atoms with Gasteiger partial charge in [0.1, 0.15) is 9.84 Å². The number of rotatable bonds is 4. The summed E-state index contributed by atoms with van der Waals surface area (Å²) in [6.07, 6.45) is 3.18. The number of hydrogen-bond acceptors (Lipinski definition) is 7. The van der Waals surface area contributed by atoms with Gasteiger partial charge in [-0.05, 0) is 37.4 Å². The van der Waals surface area contributed by atoms with E-state index in [1.807, 2.05) is 26.2 Å². The van der Waals surface area contributed by atoms with Crippen LogP contribution in [0.5, 0.6) is 0 Å². The molecule has 1 aromatic heterocycles. The summed E-state index contributed by atoms with van der Waals surface area (Å²) < 4.78 is 27.4. The van der Waals surface area contributed by atoms with Gasteiger partial charge in [-0.25, -0.2) is 18.2 Å². The van der Waals surface area contributed by atoms with Crippen LogP contribution in [-0.2, 0) is 16.3 Å². The first kappa shape index (κ1) is 19.7. The Hall–Kier alpha value is -1.38. The van der Waals surface area contributed by atoms with Crippen LogP contribution in [0, 0.1) is 6.92 Å². The van der Waals surface area contributed by atoms with Gasteiger partial charge in [0, 0.05) is 17.6 Å². The van der Waals surface area contributed by atoms with Gasteiger partial charge < -0.3 is 10.2 Å². The molecule has 0 amide bonds. The number of nitrogens with zero attached hydrogens (tertiary/aromatic N) is 1. The van der Waals surface area contributed by atoms with Crippen molar-refractivity contribution in [3.63, 3.8) is 0 Å². The molecule has 2 aromatic rings. The van der Waals surface area contributed by atoms with E-state index < -0.39 is 15.5 Å². The molecule has 8 heteroatoms. The van der Waals surface area contributed by atoms with Crippen molar-refractivity contribution in [2.24, 2.45) is 5.73 Å². The van der Waals surface area contributed by atoms with Crippen LogP contribution < -0.4 is 11.4 Å². The second kappa shape index (κ2) is 8.47. The summed E-state index contributed by atoms with van der Waals surface area (Å²) in [7, 11) is -3.11. The quantitative estimate of drug-likeness (QED) is 0.831. The summed E-state index contributed by atoms with van der Waals surface area (Å²) in [6, 6.07) is 3.66. The molecule has 0 radical (unpaired) electrons. The average Bonchev–Trinajstić information content (AvgIpc) is 2.45. The molecular formula is C15H22N2O4S2. The molecule has 0 fully saturated rings. The molecule has 128 valence electrons. The minimum absolute atomic E-state index is 0.0870. The summed E-state index contributed by atoms with van der Waals surface area (Å²) in [5.74, 6) is 0.0697. The molecule has 0 aliphatic carbocycles. The van der Waals surface area contributed by atoms with E-state index in [9.17, 15) is 13.2 Å². The number of sulfone groups is 1. The molecule has 2 N–H and O–H groups in total. The molecule has 0 saturated heterocycles. The molecular weight excluding hydrogens is 336 g/mol. The normalized spacial score (nSPS) is 11.2. The van der Waals surface area contributed by atoms with Crippen LogP contribution in [0.3, 0.4) is 0 Å². The van der Waals surface area contributed by atoms with Crippen molar-refractivity contribution < 1.29 is 12.8 Å². The van der Waals surface area contributed by atoms with E-state index in [1.165, 1.54) is 0 Å². The Morgan fingerprint density at radius 3 is 2.48 bits per heavy atom. The van der Waals surface area contributed by atoms with Gasteiger partial charge in [-0.3, -0.25) is 0 Å². The van der Waals surface area contributed by atoms with Gasteiger partial charge in [-0.15, -0.1) is 11.8 Å². The second-order valence-corrected chi connectivity index (χ2v) is 8.08. The number of benzene rings is 1. The van der Waals surface area contributed by atoms with Crippen molar-refractivity contribution in [2.75, 3.05) is 24.8 Å². The third-order valence-electron chi connectivity index (χ3n) is 2.96. The Morgan fingerprint density at radius 1 is 1.35 bits per heavy atom. The first-order valence-electron chi connectivity index (χ1n) is 7.08. The van der Waals surface area contributed by atoms with Gasteiger partial charge in [0.15, 0.2) is 5.89 Å². The fourth-order valence-electron chi connectivity index (χ4n) is 1.95. The monoisotopic (exact) mass is 358 g/mol. The third-order valence-corrected chi connectivity index (χ3v) is 4.79. The highest BCUT2D eigenvalue weighted by molar-refractivity contribution is 7.98. The van der Waals surface area contributed by atoms with Gasteiger partial charge in [-0.1, -0.05) is 6.92 Å². The van der Waals surface area contributed by atoms with Crippen molar-refractivity contribution in [1.82, 2.24) is 4.98 Å². The standard InChI is InChI=1S/C13H15NO4S2.C2H7N/c1-8-10(19-2)5-4-9-12(8)13(15)18-11(14-9)6-7-20(3,16)17;1-2-3/h4-5H,6-7H2,1-3H3;2-3H2,1H3. The minimum Gasteiger partial charge on any atom is -0.408 e. The van der Waals surface area contributed by atoms with Crippen molar-refractivity contribution >= 4 is 32.5 Å². The number of hydrogen-bond donors (Lipinski definition) is 1. The zero-order chi connectivity index (χ0) is 17.6. The number of nitrogens with two attached hydrogens (primary N) is 1. The van der Waals surface area contributed by atoms with Crippen LogP contribution in [0.25, 0.3) is 10.9 Å². The van der Waals surface area contributed by atoms with Crippen molar-refractivity contribution in [3.05, 3.63) is 34.0 Å². The summed E-state index contributed by atoms with van der Waals surface area (Å²) in [6.45, 7) is 4.50. The molecule has 0 unspecified atom stereocenters. The molecule has 0 bridgehead atoms. The Kier molecular flexibility index (Phi) is 7.24. The fourth-order valence-corrected chi connectivity index (χ4v) is 3.10. The maximum atomic E-state index is 12.0. The highest BCUT2D eigenvalue weighted by atomic mass is 32.2. The van der Waals surface area contributed by atoms with E-state index in [2.05, 4.69) is 4.98 Å². The van der Waals surface area contributed by atoms with E-state index in [-0.39, 0.29) is 18.1 Å². The van der Waals surface area contributed by atoms with Gasteiger partial charge in [-0.2, -0.15) is 0 Å². The highest BCUT2D eigenvalue weighted by Crippen LogP contribution is 2.24. The predicted molar refractivity (Wildman–Crippen MR) is 94.9 cm³/mol. The molecule has 23 heavy (non-hydrogen) atoms. The molecule has 0 saturated carbocycles. The van der Waals surface area contributed by atoms with E-state index in [4.69, 9.17) is 10.2 Å². The lowest BCUT2D eigenvalue weighted by atomic mass is 10.1. The Morgan fingerprint density at radius 2 is 1.96 bits per heavy atom. The first-order chi connectivity index (χ1) is 10.7. The van der Waals surface area contributed by atoms with Crippen LogP contribution in [0.1, 0.15) is 18.4 Å². The smallest absolute Gasteiger partial charge is 0.347 e. The molecule has 1 heterocycles. The highest BCUT2D eigenvalue weighted by Gasteiger charge is 2.13. The maximum absolute atomic E-state index is 12.0. The van der Waals surface area contributed by atoms with Crippen molar-refractivity contribution in [3.8, 4) is 0 Å². The molecule has 0 spiro atoms. The summed E-state index contributed by atoms with van der Waals surface area (Å²) in [5, 5.41) is 0.458. The molecule has 0 atom stereocenters. The predicted octanol–water partition coefficient (Wildman–Crippen LogP) is 1.77. The third kappa shape index (κ3) is 5.63. The Bertz CT molecular complexity index is 829. The minimum atomic E-state index is -3.11. The maximum Gasteiger partial charge on any atom is 0.347 e. The van der Waals surface area contributed by atoms with Crippen LogP contribution in [0.2, 0.25) is 0 Å². The lowest BCUT2D eigenvalue weighted by molar-refractivity contribution is 0.449. The summed E-state index contributed by atoms with van der Waals surface area (Å²) in [5.41, 5.74) is 5.76. The average molecular weight is 358 g/mol. The number of aryl methyl sites for hydroxylation is 2. The van der Waals surface area contributed by atoms with Crippen molar-refractivity contribution in [1.29, 1.82) is 0 Å². The zero-order valence-corrected chi connectivity index (χ0v) is 15.4. The molecule has 0 aliphatic heterocycles. The topological polar surface area (TPSA) is 103 Å². The molecule has 2 rings (SSSR count). The Balaban J connectivity index is 0.000000816. The second-order valence-electron chi connectivity index (χ2n) is 4.97. The SMILES string of the molecule is CCN.CSc1ccc2nc(CCS(C)(=O)=O)oc(=O)c2c1C. The zero-order valence-electron chi connectivity index (χ0n) is 13.8. The van der Waals surface area contributed by atoms with Gasteiger partial charge in [0.2, 0.25) is 0 Å². The summed E-state index contributed by atoms with van der Waals surface area (Å²) in [4.78, 5) is 17.3. The Labute approximate surface area is 140 Å². The van der Waals surface area contributed by atoms with E-state index in [1.54, 1.807) is 17.8 Å². The van der Waals surface area contributed by atoms with Gasteiger partial charge in [0.05, 0.1) is 16.7 Å². The first-order valence-corrected chi connectivity index (χ1v) is 10.4. The largest absolute Gasteiger partial charge is 0.408 e. The van der Waals surface area contributed by atoms with E-state index >= 15 is 0 Å². The lowest BCUT2D eigenvalue weighted by Gasteiger charge is -2.06. The number of thioether (sulfide) groups is 1. The van der Waals surface area contributed by atoms with Crippen LogP contribution in [-0.4, -0.2) is 38.2 Å². The number of aromatic nitrogens is 1. The summed E-state index contributed by atoms with van der Waals surface area (Å²) >= 11 is 1.55. The van der Waals surface area contributed by atoms with Crippen LogP contribution >= 0.6 is 11.8 Å².